The topological polar surface area (TPSA) is 31.2 Å². The van der Waals surface area contributed by atoms with Crippen LogP contribution in [-0.2, 0) is 0 Å². The summed E-state index contributed by atoms with van der Waals surface area (Å²) >= 11 is 0. The maximum absolute atomic E-state index is 9.08. The molecular formula is C25H28N3+. The van der Waals surface area contributed by atoms with Crippen LogP contribution in [0.3, 0.4) is 0 Å². The fourth-order valence-corrected chi connectivity index (χ4v) is 2.96. The molecule has 142 valence electrons. The molecule has 28 heavy (non-hydrogen) atoms. The predicted octanol–water partition coefficient (Wildman–Crippen LogP) is 6.22. The molecule has 0 heterocycles. The lowest BCUT2D eigenvalue weighted by Gasteiger charge is -2.08. The zero-order chi connectivity index (χ0) is 20.2. The van der Waals surface area contributed by atoms with Gasteiger partial charge in [0.25, 0.3) is 0 Å². The molecule has 0 N–H and O–H groups in total. The van der Waals surface area contributed by atoms with Crippen LogP contribution in [0, 0.1) is 17.9 Å². The highest BCUT2D eigenvalue weighted by Gasteiger charge is 2.08. The molecule has 2 aromatic rings. The quantitative estimate of drug-likeness (QED) is 0.293. The maximum atomic E-state index is 9.08. The van der Waals surface area contributed by atoms with Crippen molar-refractivity contribution in [3.05, 3.63) is 82.7 Å². The van der Waals surface area contributed by atoms with Crippen LogP contribution in [0.2, 0.25) is 0 Å². The van der Waals surface area contributed by atoms with Gasteiger partial charge in [0.2, 0.25) is 0 Å². The lowest BCUT2D eigenvalue weighted by Crippen LogP contribution is -2.15. The number of hydrogen-bond acceptors (Lipinski definition) is 1. The first-order valence-corrected chi connectivity index (χ1v) is 9.99. The Hall–Kier alpha value is -3.17. The molecular weight excluding hydrogens is 342 g/mol. The zero-order valence-corrected chi connectivity index (χ0v) is 16.9. The van der Waals surface area contributed by atoms with Crippen LogP contribution in [-0.4, -0.2) is 23.9 Å². The second-order valence-electron chi connectivity index (χ2n) is 6.82. The summed E-state index contributed by atoms with van der Waals surface area (Å²) in [5, 5.41) is 9.08. The average molecular weight is 371 g/mol. The lowest BCUT2D eigenvalue weighted by atomic mass is 9.96. The minimum atomic E-state index is 0.638. The van der Waals surface area contributed by atoms with Crippen LogP contribution in [0.1, 0.15) is 56.2 Å². The van der Waals surface area contributed by atoms with Crippen LogP contribution in [0.25, 0.3) is 10.4 Å². The van der Waals surface area contributed by atoms with E-state index < -0.39 is 0 Å². The minimum Gasteiger partial charge on any atom is -0.238 e. The summed E-state index contributed by atoms with van der Waals surface area (Å²) in [6.07, 6.45) is 9.09. The van der Waals surface area contributed by atoms with Gasteiger partial charge in [-0.3, -0.25) is 0 Å². The van der Waals surface area contributed by atoms with Gasteiger partial charge in [-0.1, -0.05) is 63.1 Å². The van der Waals surface area contributed by atoms with E-state index in [2.05, 4.69) is 41.6 Å². The SMILES string of the molecule is [C-]#[N+]c1ccc(C(=CC=[N+](CCCC)CCCC)c2ccc(C#N)cc2)cc1. The van der Waals surface area contributed by atoms with E-state index in [4.69, 9.17) is 11.8 Å². The number of nitrogens with zero attached hydrogens (tertiary/aromatic N) is 3. The highest BCUT2D eigenvalue weighted by Crippen LogP contribution is 2.25. The second-order valence-corrected chi connectivity index (χ2v) is 6.82. The third-order valence-electron chi connectivity index (χ3n) is 4.68. The first-order valence-electron chi connectivity index (χ1n) is 9.99. The van der Waals surface area contributed by atoms with Gasteiger partial charge >= 0.3 is 0 Å². The molecule has 3 nitrogen and oxygen atoms in total. The van der Waals surface area contributed by atoms with Gasteiger partial charge in [-0.05, 0) is 28.8 Å². The number of unbranched alkanes of at least 4 members (excludes halogenated alkanes) is 2. The van der Waals surface area contributed by atoms with Crippen LogP contribution in [0.15, 0.2) is 54.6 Å². The number of rotatable bonds is 9. The molecule has 0 aliphatic carbocycles. The Labute approximate surface area is 169 Å². The van der Waals surface area contributed by atoms with Gasteiger partial charge in [-0.2, -0.15) is 5.26 Å². The minimum absolute atomic E-state index is 0.638. The number of benzene rings is 2. The smallest absolute Gasteiger partial charge is 0.187 e. The van der Waals surface area contributed by atoms with Crippen molar-refractivity contribution in [3.63, 3.8) is 0 Å². The number of allylic oxidation sites excluding steroid dienone is 1. The molecule has 2 aromatic carbocycles. The van der Waals surface area contributed by atoms with Crippen LogP contribution >= 0.6 is 0 Å². The molecule has 0 amide bonds. The molecule has 3 heteroatoms. The van der Waals surface area contributed by atoms with E-state index in [1.165, 1.54) is 25.7 Å². The van der Waals surface area contributed by atoms with E-state index in [0.29, 0.717) is 11.3 Å². The molecule has 0 aromatic heterocycles. The summed E-state index contributed by atoms with van der Waals surface area (Å²) in [4.78, 5) is 3.49. The molecule has 0 aliphatic rings. The molecule has 0 spiro atoms. The third kappa shape index (κ3) is 6.22. The van der Waals surface area contributed by atoms with Gasteiger partial charge in [-0.15, -0.1) is 0 Å². The first-order chi connectivity index (χ1) is 13.7. The van der Waals surface area contributed by atoms with E-state index in [9.17, 15) is 0 Å². The van der Waals surface area contributed by atoms with Gasteiger partial charge < -0.3 is 0 Å². The molecule has 0 saturated heterocycles. The Morgan fingerprint density at radius 1 is 0.964 bits per heavy atom. The summed E-state index contributed by atoms with van der Waals surface area (Å²) in [6.45, 7) is 13.7. The predicted molar refractivity (Wildman–Crippen MR) is 117 cm³/mol. The molecule has 2 rings (SSSR count). The van der Waals surface area contributed by atoms with E-state index in [1.54, 1.807) is 0 Å². The van der Waals surface area contributed by atoms with Gasteiger partial charge in [0, 0.05) is 18.9 Å². The fourth-order valence-electron chi connectivity index (χ4n) is 2.96. The van der Waals surface area contributed by atoms with Crippen LogP contribution in [0.5, 0.6) is 0 Å². The summed E-state index contributed by atoms with van der Waals surface area (Å²) in [7, 11) is 0. The largest absolute Gasteiger partial charge is 0.238 e. The Morgan fingerprint density at radius 2 is 1.50 bits per heavy atom. The average Bonchev–Trinajstić information content (AvgIpc) is 2.76. The second kappa shape index (κ2) is 11.5. The van der Waals surface area contributed by atoms with Gasteiger partial charge in [0.05, 0.1) is 18.2 Å². The van der Waals surface area contributed by atoms with E-state index in [1.807, 2.05) is 48.5 Å². The normalized spacial score (nSPS) is 10.8. The van der Waals surface area contributed by atoms with E-state index in [0.717, 1.165) is 29.8 Å². The van der Waals surface area contributed by atoms with Crippen LogP contribution < -0.4 is 0 Å². The molecule has 0 aliphatic heterocycles. The summed E-state index contributed by atoms with van der Waals surface area (Å²) < 4.78 is 2.39. The molecule has 0 atom stereocenters. The molecule has 0 saturated carbocycles. The highest BCUT2D eigenvalue weighted by atomic mass is 15.0. The van der Waals surface area contributed by atoms with Gasteiger partial charge in [0.1, 0.15) is 13.1 Å². The van der Waals surface area contributed by atoms with Crippen molar-refractivity contribution in [2.24, 2.45) is 0 Å². The van der Waals surface area contributed by atoms with Crippen molar-refractivity contribution in [2.45, 2.75) is 39.5 Å². The summed E-state index contributed by atoms with van der Waals surface area (Å²) in [6, 6.07) is 17.5. The van der Waals surface area contributed by atoms with Gasteiger partial charge in [0.15, 0.2) is 11.9 Å². The molecule has 0 unspecified atom stereocenters. The Morgan fingerprint density at radius 3 is 1.96 bits per heavy atom. The fraction of sp³-hybridized carbons (Fsp3) is 0.320. The van der Waals surface area contributed by atoms with Crippen molar-refractivity contribution in [2.75, 3.05) is 13.1 Å². The summed E-state index contributed by atoms with van der Waals surface area (Å²) in [5.74, 6) is 0. The van der Waals surface area contributed by atoms with Crippen molar-refractivity contribution in [3.8, 4) is 6.07 Å². The molecule has 0 bridgehead atoms. The van der Waals surface area contributed by atoms with Crippen molar-refractivity contribution >= 4 is 17.5 Å². The van der Waals surface area contributed by atoms with Crippen molar-refractivity contribution < 1.29 is 4.58 Å². The van der Waals surface area contributed by atoms with Crippen molar-refractivity contribution in [1.29, 1.82) is 5.26 Å². The van der Waals surface area contributed by atoms with Crippen LogP contribution in [0.4, 0.5) is 5.69 Å². The number of nitriles is 1. The summed E-state index contributed by atoms with van der Waals surface area (Å²) in [5.41, 5.74) is 4.53. The molecule has 0 radical (unpaired) electrons. The lowest BCUT2D eigenvalue weighted by molar-refractivity contribution is -0.523. The molecule has 0 fully saturated rings. The first kappa shape index (κ1) is 21.1. The third-order valence-corrected chi connectivity index (χ3v) is 4.68. The maximum Gasteiger partial charge on any atom is 0.187 e. The van der Waals surface area contributed by atoms with E-state index in [-0.39, 0.29) is 0 Å². The monoisotopic (exact) mass is 370 g/mol. The highest BCUT2D eigenvalue weighted by molar-refractivity contribution is 5.90. The zero-order valence-electron chi connectivity index (χ0n) is 16.9. The van der Waals surface area contributed by atoms with Gasteiger partial charge in [-0.25, -0.2) is 9.42 Å². The van der Waals surface area contributed by atoms with E-state index >= 15 is 0 Å². The Balaban J connectivity index is 2.45. The number of hydrogen-bond donors (Lipinski definition) is 0. The standard InChI is InChI=1S/C25H28N3/c1-4-6-17-28(18-7-5-2)19-16-25(22-10-8-21(20-26)9-11-22)23-12-14-24(27-3)15-13-23/h8-16,19H,4-7,17-18H2,1-2H3/q+1. The van der Waals surface area contributed by atoms with Crippen molar-refractivity contribution in [1.82, 2.24) is 0 Å². The Kier molecular flexibility index (Phi) is 8.70. The Bertz CT molecular complexity index is 819.